The number of urea groups is 1. The van der Waals surface area contributed by atoms with Crippen molar-refractivity contribution in [2.24, 2.45) is 0 Å². The van der Waals surface area contributed by atoms with Crippen molar-refractivity contribution in [3.8, 4) is 5.75 Å². The van der Waals surface area contributed by atoms with Crippen molar-refractivity contribution in [2.45, 2.75) is 39.8 Å². The third-order valence-corrected chi connectivity index (χ3v) is 3.71. The molecule has 0 aliphatic carbocycles. The molecule has 3 N–H and O–H groups in total. The van der Waals surface area contributed by atoms with Gasteiger partial charge in [-0.1, -0.05) is 6.92 Å². The second kappa shape index (κ2) is 10.4. The fraction of sp³-hybridized carbons (Fsp3) is 0.500. The Morgan fingerprint density at radius 3 is 2.23 bits per heavy atom. The van der Waals surface area contributed by atoms with Gasteiger partial charge in [-0.3, -0.25) is 19.8 Å². The topological polar surface area (TPSA) is 99.8 Å². The highest BCUT2D eigenvalue weighted by Gasteiger charge is 2.23. The number of hydrogen-bond donors (Lipinski definition) is 3. The molecule has 0 saturated carbocycles. The number of anilines is 1. The van der Waals surface area contributed by atoms with Gasteiger partial charge >= 0.3 is 6.03 Å². The van der Waals surface area contributed by atoms with E-state index in [0.717, 1.165) is 0 Å². The van der Waals surface area contributed by atoms with Crippen LogP contribution in [0.2, 0.25) is 0 Å². The largest absolute Gasteiger partial charge is 0.497 e. The Balaban J connectivity index is 2.59. The number of carbonyl (C=O) groups excluding carboxylic acids is 3. The van der Waals surface area contributed by atoms with Gasteiger partial charge in [-0.2, -0.15) is 0 Å². The average Bonchev–Trinajstić information content (AvgIpc) is 2.58. The van der Waals surface area contributed by atoms with Crippen LogP contribution >= 0.6 is 0 Å². The Morgan fingerprint density at radius 1 is 1.12 bits per heavy atom. The molecule has 1 atom stereocenters. The lowest BCUT2D eigenvalue weighted by atomic mass is 10.2. The van der Waals surface area contributed by atoms with E-state index in [4.69, 9.17) is 4.74 Å². The van der Waals surface area contributed by atoms with Crippen LogP contribution in [0, 0.1) is 0 Å². The van der Waals surface area contributed by atoms with Crippen molar-refractivity contribution in [1.29, 1.82) is 0 Å². The van der Waals surface area contributed by atoms with Crippen LogP contribution in [-0.4, -0.2) is 55.0 Å². The summed E-state index contributed by atoms with van der Waals surface area (Å²) in [5, 5.41) is 7.65. The van der Waals surface area contributed by atoms with Crippen molar-refractivity contribution >= 4 is 23.5 Å². The van der Waals surface area contributed by atoms with Gasteiger partial charge in [0.1, 0.15) is 5.75 Å². The number of ether oxygens (including phenoxy) is 1. The zero-order valence-electron chi connectivity index (χ0n) is 16.0. The molecule has 0 heterocycles. The molecule has 0 aliphatic heterocycles. The molecule has 1 aromatic carbocycles. The molecule has 0 aromatic heterocycles. The molecule has 0 aliphatic rings. The van der Waals surface area contributed by atoms with Gasteiger partial charge in [0, 0.05) is 11.7 Å². The second-order valence-electron chi connectivity index (χ2n) is 6.13. The van der Waals surface area contributed by atoms with E-state index >= 15 is 0 Å². The minimum atomic E-state index is -0.625. The molecule has 0 saturated heterocycles. The first kappa shape index (κ1) is 21.4. The Bertz CT molecular complexity index is 616. The Labute approximate surface area is 154 Å². The van der Waals surface area contributed by atoms with Gasteiger partial charge in [0.15, 0.2) is 0 Å². The monoisotopic (exact) mass is 364 g/mol. The Kier molecular flexibility index (Phi) is 8.57. The summed E-state index contributed by atoms with van der Waals surface area (Å²) in [5.41, 5.74) is 0.639. The lowest BCUT2D eigenvalue weighted by Gasteiger charge is -2.26. The summed E-state index contributed by atoms with van der Waals surface area (Å²) in [6.07, 6.45) is 0. The molecule has 8 nitrogen and oxygen atoms in total. The summed E-state index contributed by atoms with van der Waals surface area (Å²) in [5.74, 6) is -0.00584. The van der Waals surface area contributed by atoms with Crippen molar-refractivity contribution in [2.75, 3.05) is 25.5 Å². The molecular weight excluding hydrogens is 336 g/mol. The molecule has 0 bridgehead atoms. The molecule has 144 valence electrons. The highest BCUT2D eigenvalue weighted by atomic mass is 16.5. The van der Waals surface area contributed by atoms with E-state index in [1.807, 2.05) is 6.92 Å². The van der Waals surface area contributed by atoms with E-state index in [1.165, 1.54) is 0 Å². The van der Waals surface area contributed by atoms with Crippen LogP contribution in [-0.2, 0) is 9.59 Å². The van der Waals surface area contributed by atoms with Crippen LogP contribution in [0.3, 0.4) is 0 Å². The van der Waals surface area contributed by atoms with Gasteiger partial charge in [-0.15, -0.1) is 0 Å². The van der Waals surface area contributed by atoms with Gasteiger partial charge in [0.25, 0.3) is 0 Å². The number of methoxy groups -OCH3 is 1. The third kappa shape index (κ3) is 7.10. The molecular formula is C18H28N4O4. The highest BCUT2D eigenvalue weighted by Crippen LogP contribution is 2.15. The molecule has 1 unspecified atom stereocenters. The smallest absolute Gasteiger partial charge is 0.321 e. The van der Waals surface area contributed by atoms with Crippen molar-refractivity contribution in [3.63, 3.8) is 0 Å². The Hall–Kier alpha value is -2.61. The van der Waals surface area contributed by atoms with E-state index < -0.39 is 18.0 Å². The second-order valence-corrected chi connectivity index (χ2v) is 6.13. The average molecular weight is 364 g/mol. The lowest BCUT2D eigenvalue weighted by Crippen LogP contribution is -2.52. The van der Waals surface area contributed by atoms with E-state index in [2.05, 4.69) is 16.0 Å². The molecule has 0 fully saturated rings. The molecule has 0 spiro atoms. The van der Waals surface area contributed by atoms with E-state index in [-0.39, 0.29) is 18.5 Å². The number of likely N-dealkylation sites (N-methyl/N-ethyl adjacent to an activating group) is 1. The number of rotatable bonds is 8. The lowest BCUT2D eigenvalue weighted by molar-refractivity contribution is -0.126. The summed E-state index contributed by atoms with van der Waals surface area (Å²) < 4.78 is 5.07. The van der Waals surface area contributed by atoms with Crippen LogP contribution in [0.4, 0.5) is 10.5 Å². The predicted octanol–water partition coefficient (Wildman–Crippen LogP) is 1.58. The number of imide groups is 1. The third-order valence-electron chi connectivity index (χ3n) is 3.71. The minimum absolute atomic E-state index is 0.0307. The molecule has 8 heteroatoms. The number of hydrogen-bond acceptors (Lipinski definition) is 5. The van der Waals surface area contributed by atoms with E-state index in [0.29, 0.717) is 18.0 Å². The predicted molar refractivity (Wildman–Crippen MR) is 100 cm³/mol. The highest BCUT2D eigenvalue weighted by molar-refractivity contribution is 5.97. The minimum Gasteiger partial charge on any atom is -0.497 e. The fourth-order valence-electron chi connectivity index (χ4n) is 2.26. The zero-order valence-corrected chi connectivity index (χ0v) is 16.0. The maximum Gasteiger partial charge on any atom is 0.321 e. The summed E-state index contributed by atoms with van der Waals surface area (Å²) in [4.78, 5) is 37.7. The SMILES string of the molecule is CCN(CC(=O)Nc1ccc(OC)cc1)C(C)C(=O)NC(=O)NC(C)C. The fourth-order valence-corrected chi connectivity index (χ4v) is 2.26. The number of amides is 4. The first-order valence-corrected chi connectivity index (χ1v) is 8.56. The number of nitrogens with one attached hydrogen (secondary N) is 3. The van der Waals surface area contributed by atoms with Gasteiger partial charge in [0.2, 0.25) is 11.8 Å². The Morgan fingerprint density at radius 2 is 1.73 bits per heavy atom. The maximum absolute atomic E-state index is 12.2. The molecule has 1 rings (SSSR count). The summed E-state index contributed by atoms with van der Waals surface area (Å²) >= 11 is 0. The molecule has 4 amide bonds. The van der Waals surface area contributed by atoms with Crippen LogP contribution in [0.25, 0.3) is 0 Å². The molecule has 0 radical (unpaired) electrons. The van der Waals surface area contributed by atoms with E-state index in [9.17, 15) is 14.4 Å². The van der Waals surface area contributed by atoms with Crippen molar-refractivity contribution in [1.82, 2.24) is 15.5 Å². The van der Waals surface area contributed by atoms with Crippen LogP contribution in [0.5, 0.6) is 5.75 Å². The standard InChI is InChI=1S/C18H28N4O4/c1-6-22(13(4)17(24)21-18(25)19-12(2)3)11-16(23)20-14-7-9-15(26-5)10-8-14/h7-10,12-13H,6,11H2,1-5H3,(H,20,23)(H2,19,21,24,25). The van der Waals surface area contributed by atoms with Gasteiger partial charge < -0.3 is 15.4 Å². The van der Waals surface area contributed by atoms with Crippen molar-refractivity contribution < 1.29 is 19.1 Å². The van der Waals surface area contributed by atoms with Gasteiger partial charge in [-0.05, 0) is 51.6 Å². The first-order chi connectivity index (χ1) is 12.3. The summed E-state index contributed by atoms with van der Waals surface area (Å²) in [6.45, 7) is 7.62. The molecule has 1 aromatic rings. The van der Waals surface area contributed by atoms with Crippen molar-refractivity contribution in [3.05, 3.63) is 24.3 Å². The van der Waals surface area contributed by atoms with Gasteiger partial charge in [0.05, 0.1) is 19.7 Å². The number of benzene rings is 1. The van der Waals surface area contributed by atoms with Crippen LogP contribution in [0.1, 0.15) is 27.7 Å². The van der Waals surface area contributed by atoms with E-state index in [1.54, 1.807) is 57.0 Å². The number of carbonyl (C=O) groups is 3. The zero-order chi connectivity index (χ0) is 19.7. The number of nitrogens with zero attached hydrogens (tertiary/aromatic N) is 1. The molecule has 26 heavy (non-hydrogen) atoms. The quantitative estimate of drug-likeness (QED) is 0.650. The van der Waals surface area contributed by atoms with Gasteiger partial charge in [-0.25, -0.2) is 4.79 Å². The summed E-state index contributed by atoms with van der Waals surface area (Å²) in [6, 6.07) is 5.72. The maximum atomic E-state index is 12.2. The normalized spacial score (nSPS) is 11.8. The summed E-state index contributed by atoms with van der Waals surface area (Å²) in [7, 11) is 1.57. The van der Waals surface area contributed by atoms with Crippen LogP contribution < -0.4 is 20.7 Å². The first-order valence-electron chi connectivity index (χ1n) is 8.56. The van der Waals surface area contributed by atoms with Crippen LogP contribution in [0.15, 0.2) is 24.3 Å².